The van der Waals surface area contributed by atoms with E-state index in [9.17, 15) is 0 Å². The molecule has 1 aliphatic carbocycles. The van der Waals surface area contributed by atoms with Crippen LogP contribution in [0.15, 0.2) is 52.9 Å². The van der Waals surface area contributed by atoms with Crippen LogP contribution in [-0.2, 0) is 4.74 Å². The Bertz CT molecular complexity index is 709. The number of aliphatic hydroxyl groups excluding tert-OH is 1. The van der Waals surface area contributed by atoms with E-state index in [1.54, 1.807) is 6.08 Å². The van der Waals surface area contributed by atoms with E-state index in [4.69, 9.17) is 21.0 Å². The van der Waals surface area contributed by atoms with Crippen LogP contribution in [-0.4, -0.2) is 42.3 Å². The third-order valence-electron chi connectivity index (χ3n) is 3.87. The van der Waals surface area contributed by atoms with Crippen LogP contribution in [0.5, 0.6) is 0 Å². The van der Waals surface area contributed by atoms with Gasteiger partial charge in [-0.1, -0.05) is 0 Å². The average molecular weight is 379 g/mol. The van der Waals surface area contributed by atoms with Crippen LogP contribution in [0.2, 0.25) is 0 Å². The Balaban J connectivity index is 0.00000338. The SMILES string of the molecule is CCN(c1ccc(N=C2C=C(OCCO)C(N)=CC2=N)cc1)C(C)C.Cl. The lowest BCUT2D eigenvalue weighted by Crippen LogP contribution is -2.30. The van der Waals surface area contributed by atoms with Crippen molar-refractivity contribution in [3.8, 4) is 0 Å². The third-order valence-corrected chi connectivity index (χ3v) is 3.87. The van der Waals surface area contributed by atoms with Gasteiger partial charge in [0.25, 0.3) is 0 Å². The third kappa shape index (κ3) is 5.34. The largest absolute Gasteiger partial charge is 0.489 e. The van der Waals surface area contributed by atoms with E-state index < -0.39 is 0 Å². The summed E-state index contributed by atoms with van der Waals surface area (Å²) >= 11 is 0. The molecule has 0 heterocycles. The molecule has 6 nitrogen and oxygen atoms in total. The highest BCUT2D eigenvalue weighted by molar-refractivity contribution is 6.50. The maximum atomic E-state index is 8.88. The van der Waals surface area contributed by atoms with Crippen molar-refractivity contribution in [1.82, 2.24) is 0 Å². The van der Waals surface area contributed by atoms with Gasteiger partial charge in [-0.25, -0.2) is 4.99 Å². The molecular formula is C19H27ClN4O2. The van der Waals surface area contributed by atoms with Crippen molar-refractivity contribution in [2.45, 2.75) is 26.8 Å². The van der Waals surface area contributed by atoms with Gasteiger partial charge >= 0.3 is 0 Å². The van der Waals surface area contributed by atoms with E-state index in [2.05, 4.69) is 30.7 Å². The molecule has 0 saturated carbocycles. The highest BCUT2D eigenvalue weighted by atomic mass is 35.5. The van der Waals surface area contributed by atoms with Crippen LogP contribution >= 0.6 is 12.4 Å². The number of nitrogens with zero attached hydrogens (tertiary/aromatic N) is 2. The van der Waals surface area contributed by atoms with Gasteiger partial charge in [-0.3, -0.25) is 5.41 Å². The van der Waals surface area contributed by atoms with Crippen molar-refractivity contribution in [3.63, 3.8) is 0 Å². The molecule has 0 unspecified atom stereocenters. The number of halogens is 1. The normalized spacial score (nSPS) is 15.4. The van der Waals surface area contributed by atoms with E-state index >= 15 is 0 Å². The van der Waals surface area contributed by atoms with Gasteiger partial charge < -0.3 is 20.5 Å². The number of allylic oxidation sites excluding steroid dienone is 2. The number of nitrogens with one attached hydrogen (secondary N) is 1. The maximum Gasteiger partial charge on any atom is 0.144 e. The van der Waals surface area contributed by atoms with Gasteiger partial charge in [-0.15, -0.1) is 12.4 Å². The first-order valence-electron chi connectivity index (χ1n) is 8.43. The molecule has 1 aromatic carbocycles. The minimum Gasteiger partial charge on any atom is -0.489 e. The lowest BCUT2D eigenvalue weighted by atomic mass is 10.1. The summed E-state index contributed by atoms with van der Waals surface area (Å²) in [5, 5.41) is 16.9. The molecule has 0 spiro atoms. The molecule has 0 radical (unpaired) electrons. The van der Waals surface area contributed by atoms with Gasteiger partial charge in [0.1, 0.15) is 12.4 Å². The lowest BCUT2D eigenvalue weighted by molar-refractivity contribution is 0.149. The maximum absolute atomic E-state index is 8.88. The second-order valence-corrected chi connectivity index (χ2v) is 5.99. The van der Waals surface area contributed by atoms with Crippen LogP contribution in [0.1, 0.15) is 20.8 Å². The van der Waals surface area contributed by atoms with Gasteiger partial charge in [-0.05, 0) is 51.1 Å². The summed E-state index contributed by atoms with van der Waals surface area (Å²) in [5.74, 6) is 0.428. The Morgan fingerprint density at radius 2 is 1.88 bits per heavy atom. The van der Waals surface area contributed by atoms with Gasteiger partial charge in [0.05, 0.1) is 29.4 Å². The molecule has 142 valence electrons. The standard InChI is InChI=1S/C19H26N4O2.ClH/c1-4-23(13(2)3)15-7-5-14(6-8-15)22-18-12-19(25-10-9-24)17(21)11-16(18)20;/h5-8,11-13,20,24H,4,9-10,21H2,1-3H3;1H. The molecule has 26 heavy (non-hydrogen) atoms. The zero-order valence-corrected chi connectivity index (χ0v) is 16.2. The fourth-order valence-corrected chi connectivity index (χ4v) is 2.66. The number of aliphatic imine (C=N–C) groups is 1. The van der Waals surface area contributed by atoms with Crippen molar-refractivity contribution in [1.29, 1.82) is 5.41 Å². The van der Waals surface area contributed by atoms with Gasteiger partial charge in [0.2, 0.25) is 0 Å². The molecule has 7 heteroatoms. The number of anilines is 1. The summed E-state index contributed by atoms with van der Waals surface area (Å²) in [6.07, 6.45) is 3.14. The lowest BCUT2D eigenvalue weighted by Gasteiger charge is -2.27. The van der Waals surface area contributed by atoms with Crippen molar-refractivity contribution in [3.05, 3.63) is 47.9 Å². The molecule has 0 saturated heterocycles. The van der Waals surface area contributed by atoms with Crippen molar-refractivity contribution >= 4 is 35.2 Å². The summed E-state index contributed by atoms with van der Waals surface area (Å²) in [7, 11) is 0. The van der Waals surface area contributed by atoms with Crippen LogP contribution < -0.4 is 10.6 Å². The summed E-state index contributed by atoms with van der Waals surface area (Å²) in [6, 6.07) is 8.37. The number of aliphatic hydroxyl groups is 1. The fraction of sp³-hybridized carbons (Fsp3) is 0.368. The molecule has 0 aliphatic heterocycles. The minimum absolute atomic E-state index is 0. The van der Waals surface area contributed by atoms with Crippen molar-refractivity contribution < 1.29 is 9.84 Å². The second-order valence-electron chi connectivity index (χ2n) is 5.99. The van der Waals surface area contributed by atoms with Crippen LogP contribution in [0, 0.1) is 5.41 Å². The minimum atomic E-state index is -0.0974. The summed E-state index contributed by atoms with van der Waals surface area (Å²) < 4.78 is 5.39. The number of nitrogens with two attached hydrogens (primary N) is 1. The van der Waals surface area contributed by atoms with Gasteiger partial charge in [0, 0.05) is 24.4 Å². The molecular weight excluding hydrogens is 352 g/mol. The molecule has 0 fully saturated rings. The number of rotatable bonds is 7. The molecule has 1 aromatic rings. The molecule has 1 aliphatic rings. The van der Waals surface area contributed by atoms with Crippen LogP contribution in [0.4, 0.5) is 11.4 Å². The zero-order valence-electron chi connectivity index (χ0n) is 15.4. The zero-order chi connectivity index (χ0) is 18.4. The molecule has 0 bridgehead atoms. The first-order valence-corrected chi connectivity index (χ1v) is 8.43. The predicted octanol–water partition coefficient (Wildman–Crippen LogP) is 3.18. The van der Waals surface area contributed by atoms with Crippen LogP contribution in [0.25, 0.3) is 0 Å². The molecule has 2 rings (SSSR count). The van der Waals surface area contributed by atoms with E-state index in [0.29, 0.717) is 23.2 Å². The van der Waals surface area contributed by atoms with Crippen molar-refractivity contribution in [2.75, 3.05) is 24.7 Å². The summed E-state index contributed by atoms with van der Waals surface area (Å²) in [5.41, 5.74) is 8.83. The fourth-order valence-electron chi connectivity index (χ4n) is 2.66. The number of benzene rings is 1. The van der Waals surface area contributed by atoms with Gasteiger partial charge in [0.15, 0.2) is 0 Å². The Kier molecular flexibility index (Phi) is 8.35. The van der Waals surface area contributed by atoms with E-state index in [1.807, 2.05) is 24.3 Å². The Morgan fingerprint density at radius 3 is 2.42 bits per heavy atom. The van der Waals surface area contributed by atoms with Gasteiger partial charge in [-0.2, -0.15) is 0 Å². The van der Waals surface area contributed by atoms with E-state index in [0.717, 1.165) is 17.9 Å². The predicted molar refractivity (Wildman–Crippen MR) is 110 cm³/mol. The summed E-state index contributed by atoms with van der Waals surface area (Å²) in [4.78, 5) is 6.81. The smallest absolute Gasteiger partial charge is 0.144 e. The Labute approximate surface area is 161 Å². The Morgan fingerprint density at radius 1 is 1.23 bits per heavy atom. The van der Waals surface area contributed by atoms with Crippen molar-refractivity contribution in [2.24, 2.45) is 10.7 Å². The number of hydrogen-bond acceptors (Lipinski definition) is 6. The highest BCUT2D eigenvalue weighted by Gasteiger charge is 2.15. The molecule has 0 aromatic heterocycles. The van der Waals surface area contributed by atoms with E-state index in [-0.39, 0.29) is 31.3 Å². The molecule has 0 amide bonds. The van der Waals surface area contributed by atoms with E-state index in [1.165, 1.54) is 6.08 Å². The molecule has 4 N–H and O–H groups in total. The monoisotopic (exact) mass is 378 g/mol. The number of hydrogen-bond donors (Lipinski definition) is 3. The summed E-state index contributed by atoms with van der Waals surface area (Å²) in [6.45, 7) is 7.45. The molecule has 0 atom stereocenters. The average Bonchev–Trinajstić information content (AvgIpc) is 2.58. The Hall–Kier alpha value is -2.31. The quantitative estimate of drug-likeness (QED) is 0.635. The first kappa shape index (κ1) is 21.7. The topological polar surface area (TPSA) is 94.9 Å². The number of ether oxygens (including phenoxy) is 1. The first-order chi connectivity index (χ1) is 12.0. The van der Waals surface area contributed by atoms with Crippen LogP contribution in [0.3, 0.4) is 0 Å². The highest BCUT2D eigenvalue weighted by Crippen LogP contribution is 2.23. The second kappa shape index (κ2) is 9.99.